The molecule has 5 nitrogen and oxygen atoms in total. The number of rotatable bonds is 10. The van der Waals surface area contributed by atoms with E-state index in [-0.39, 0.29) is 11.9 Å². The molecule has 0 atom stereocenters. The van der Waals surface area contributed by atoms with Crippen molar-refractivity contribution in [3.05, 3.63) is 89.0 Å². The van der Waals surface area contributed by atoms with Gasteiger partial charge in [-0.1, -0.05) is 31.0 Å². The summed E-state index contributed by atoms with van der Waals surface area (Å²) in [6.45, 7) is 4.52. The second-order valence-electron chi connectivity index (χ2n) is 7.65. The molecule has 0 radical (unpaired) electrons. The number of carbonyl (C=O) groups is 2. The van der Waals surface area contributed by atoms with Gasteiger partial charge in [-0.2, -0.15) is 0 Å². The Bertz CT molecular complexity index is 1080. The fourth-order valence-electron chi connectivity index (χ4n) is 3.11. The number of ether oxygens (including phenoxy) is 2. The van der Waals surface area contributed by atoms with Gasteiger partial charge in [-0.05, 0) is 67.9 Å². The predicted octanol–water partition coefficient (Wildman–Crippen LogP) is 6.51. The van der Waals surface area contributed by atoms with E-state index in [1.165, 1.54) is 5.56 Å². The Hall–Kier alpha value is -3.25. The molecule has 6 heteroatoms. The molecule has 1 amide bonds. The summed E-state index contributed by atoms with van der Waals surface area (Å²) in [5.74, 6) is 0.851. The SMILES string of the molecule is CCCCOC(=O)c1ccc(NC(=O)c2ccc(OC)c(CSc3ccc(C)cc3)c2)cc1. The summed E-state index contributed by atoms with van der Waals surface area (Å²) in [7, 11) is 1.63. The normalized spacial score (nSPS) is 10.5. The second-order valence-corrected chi connectivity index (χ2v) is 8.70. The highest BCUT2D eigenvalue weighted by Crippen LogP contribution is 2.29. The molecule has 0 unspecified atom stereocenters. The van der Waals surface area contributed by atoms with E-state index < -0.39 is 0 Å². The van der Waals surface area contributed by atoms with Crippen LogP contribution in [0.25, 0.3) is 0 Å². The van der Waals surface area contributed by atoms with E-state index in [4.69, 9.17) is 9.47 Å². The molecule has 0 aliphatic rings. The van der Waals surface area contributed by atoms with Crippen molar-refractivity contribution < 1.29 is 19.1 Å². The highest BCUT2D eigenvalue weighted by atomic mass is 32.2. The number of amides is 1. The van der Waals surface area contributed by atoms with E-state index in [1.807, 2.05) is 19.1 Å². The number of hydrogen-bond acceptors (Lipinski definition) is 5. The van der Waals surface area contributed by atoms with Crippen LogP contribution in [0.3, 0.4) is 0 Å². The van der Waals surface area contributed by atoms with Gasteiger partial charge in [0.25, 0.3) is 5.91 Å². The third kappa shape index (κ3) is 7.12. The van der Waals surface area contributed by atoms with Crippen molar-refractivity contribution in [2.24, 2.45) is 0 Å². The van der Waals surface area contributed by atoms with Crippen molar-refractivity contribution in [1.82, 2.24) is 0 Å². The van der Waals surface area contributed by atoms with Crippen molar-refractivity contribution in [3.8, 4) is 5.75 Å². The van der Waals surface area contributed by atoms with E-state index in [0.29, 0.717) is 29.2 Å². The van der Waals surface area contributed by atoms with Crippen LogP contribution in [0.15, 0.2) is 71.6 Å². The third-order valence-corrected chi connectivity index (χ3v) is 6.13. The summed E-state index contributed by atoms with van der Waals surface area (Å²) in [6.07, 6.45) is 1.81. The molecule has 0 saturated carbocycles. The molecule has 0 bridgehead atoms. The lowest BCUT2D eigenvalue weighted by molar-refractivity contribution is 0.0499. The highest BCUT2D eigenvalue weighted by Gasteiger charge is 2.12. The molecule has 33 heavy (non-hydrogen) atoms. The lowest BCUT2D eigenvalue weighted by Crippen LogP contribution is -2.13. The number of anilines is 1. The largest absolute Gasteiger partial charge is 0.496 e. The summed E-state index contributed by atoms with van der Waals surface area (Å²) in [4.78, 5) is 26.0. The Balaban J connectivity index is 1.65. The van der Waals surface area contributed by atoms with E-state index in [2.05, 4.69) is 36.5 Å². The molecule has 0 aromatic heterocycles. The van der Waals surface area contributed by atoms with E-state index in [1.54, 1.807) is 49.2 Å². The Morgan fingerprint density at radius 1 is 0.939 bits per heavy atom. The third-order valence-electron chi connectivity index (χ3n) is 5.07. The maximum absolute atomic E-state index is 12.8. The second kappa shape index (κ2) is 12.1. The number of thioether (sulfide) groups is 1. The van der Waals surface area contributed by atoms with Gasteiger partial charge in [0.15, 0.2) is 0 Å². The van der Waals surface area contributed by atoms with Crippen LogP contribution in [-0.2, 0) is 10.5 Å². The first-order valence-electron chi connectivity index (χ1n) is 10.9. The lowest BCUT2D eigenvalue weighted by Gasteiger charge is -2.12. The van der Waals surface area contributed by atoms with Crippen molar-refractivity contribution in [3.63, 3.8) is 0 Å². The summed E-state index contributed by atoms with van der Waals surface area (Å²) < 4.78 is 10.7. The van der Waals surface area contributed by atoms with Gasteiger partial charge in [0, 0.05) is 27.5 Å². The van der Waals surface area contributed by atoms with Crippen molar-refractivity contribution >= 4 is 29.3 Å². The van der Waals surface area contributed by atoms with Gasteiger partial charge in [0.1, 0.15) is 5.75 Å². The van der Waals surface area contributed by atoms with Crippen LogP contribution in [0, 0.1) is 6.92 Å². The van der Waals surface area contributed by atoms with Gasteiger partial charge >= 0.3 is 5.97 Å². The number of methoxy groups -OCH3 is 1. The van der Waals surface area contributed by atoms with Crippen molar-refractivity contribution in [2.75, 3.05) is 19.0 Å². The molecule has 0 aliphatic heterocycles. The lowest BCUT2D eigenvalue weighted by atomic mass is 10.1. The van der Waals surface area contributed by atoms with Crippen LogP contribution in [0.2, 0.25) is 0 Å². The topological polar surface area (TPSA) is 64.6 Å². The standard InChI is InChI=1S/C27H29NO4S/c1-4-5-16-32-27(30)20-8-11-23(12-9-20)28-26(29)21-10-15-25(31-3)22(17-21)18-33-24-13-6-19(2)7-14-24/h6-15,17H,4-5,16,18H2,1-3H3,(H,28,29). The predicted molar refractivity (Wildman–Crippen MR) is 133 cm³/mol. The first-order valence-corrected chi connectivity index (χ1v) is 11.9. The molecule has 3 aromatic rings. The number of hydrogen-bond donors (Lipinski definition) is 1. The van der Waals surface area contributed by atoms with Crippen LogP contribution in [0.4, 0.5) is 5.69 Å². The number of carbonyl (C=O) groups excluding carboxylic acids is 2. The zero-order valence-corrected chi connectivity index (χ0v) is 20.0. The van der Waals surface area contributed by atoms with Crippen LogP contribution in [0.1, 0.15) is 51.6 Å². The molecule has 3 aromatic carbocycles. The monoisotopic (exact) mass is 463 g/mol. The molecule has 3 rings (SSSR count). The van der Waals surface area contributed by atoms with Crippen LogP contribution < -0.4 is 10.1 Å². The van der Waals surface area contributed by atoms with E-state index in [0.717, 1.165) is 29.1 Å². The summed E-state index contributed by atoms with van der Waals surface area (Å²) in [6, 6.07) is 20.5. The van der Waals surface area contributed by atoms with Crippen molar-refractivity contribution in [1.29, 1.82) is 0 Å². The minimum absolute atomic E-state index is 0.225. The first kappa shape index (κ1) is 24.4. The summed E-state index contributed by atoms with van der Waals surface area (Å²) >= 11 is 1.69. The quantitative estimate of drug-likeness (QED) is 0.211. The van der Waals surface area contributed by atoms with Gasteiger partial charge in [-0.25, -0.2) is 4.79 Å². The highest BCUT2D eigenvalue weighted by molar-refractivity contribution is 7.98. The Kier molecular flexibility index (Phi) is 8.95. The van der Waals surface area contributed by atoms with Crippen LogP contribution in [0.5, 0.6) is 5.75 Å². The number of benzene rings is 3. The van der Waals surface area contributed by atoms with Gasteiger partial charge in [-0.3, -0.25) is 4.79 Å². The van der Waals surface area contributed by atoms with Gasteiger partial charge < -0.3 is 14.8 Å². The first-order chi connectivity index (χ1) is 16.0. The van der Waals surface area contributed by atoms with Crippen LogP contribution >= 0.6 is 11.8 Å². The molecule has 172 valence electrons. The Morgan fingerprint density at radius 3 is 2.30 bits per heavy atom. The summed E-state index contributed by atoms with van der Waals surface area (Å²) in [5, 5.41) is 2.88. The molecule has 0 saturated heterocycles. The average molecular weight is 464 g/mol. The Morgan fingerprint density at radius 2 is 1.64 bits per heavy atom. The van der Waals surface area contributed by atoms with Crippen molar-refractivity contribution in [2.45, 2.75) is 37.3 Å². The fourth-order valence-corrected chi connectivity index (χ4v) is 3.99. The van der Waals surface area contributed by atoms with Gasteiger partial charge in [0.05, 0.1) is 19.3 Å². The fraction of sp³-hybridized carbons (Fsp3) is 0.259. The summed E-state index contributed by atoms with van der Waals surface area (Å²) in [5.41, 5.74) is 3.77. The van der Waals surface area contributed by atoms with Crippen LogP contribution in [-0.4, -0.2) is 25.6 Å². The maximum atomic E-state index is 12.8. The Labute approximate surface area is 199 Å². The molecular formula is C27H29NO4S. The number of aryl methyl sites for hydroxylation is 1. The molecule has 0 heterocycles. The van der Waals surface area contributed by atoms with Gasteiger partial charge in [0.2, 0.25) is 0 Å². The zero-order chi connectivity index (χ0) is 23.6. The molecule has 0 spiro atoms. The number of unbranched alkanes of at least 4 members (excludes halogenated alkanes) is 1. The number of esters is 1. The zero-order valence-electron chi connectivity index (χ0n) is 19.2. The van der Waals surface area contributed by atoms with Gasteiger partial charge in [-0.15, -0.1) is 11.8 Å². The molecule has 1 N–H and O–H groups in total. The minimum atomic E-state index is -0.354. The van der Waals surface area contributed by atoms with E-state index >= 15 is 0 Å². The maximum Gasteiger partial charge on any atom is 0.338 e. The molecule has 0 aliphatic carbocycles. The molecule has 0 fully saturated rings. The minimum Gasteiger partial charge on any atom is -0.496 e. The molecular weight excluding hydrogens is 434 g/mol. The average Bonchev–Trinajstić information content (AvgIpc) is 2.84. The number of nitrogens with one attached hydrogen (secondary N) is 1. The van der Waals surface area contributed by atoms with E-state index in [9.17, 15) is 9.59 Å². The smallest absolute Gasteiger partial charge is 0.338 e.